The van der Waals surface area contributed by atoms with Gasteiger partial charge in [0, 0.05) is 0 Å². The first-order chi connectivity index (χ1) is 10.7. The van der Waals surface area contributed by atoms with E-state index in [-0.39, 0.29) is 9.46 Å². The van der Waals surface area contributed by atoms with Crippen molar-refractivity contribution < 1.29 is 14.3 Å². The van der Waals surface area contributed by atoms with Crippen molar-refractivity contribution in [3.63, 3.8) is 0 Å². The summed E-state index contributed by atoms with van der Waals surface area (Å²) in [5.41, 5.74) is 3.93. The van der Waals surface area contributed by atoms with Crippen LogP contribution < -0.4 is 0 Å². The standard InChI is InChI=1S/C17H14O2.CHO.In/c1-12-6-2-4-8-14(12)16(10-18)17-15-9-5-3-7-13(15)11-19-17;1-2;/h2-5,7,9,12H,6,11H2,1H3;1H;/b17-16-;;. The Labute approximate surface area is 136 Å². The maximum atomic E-state index is 12.9. The third kappa shape index (κ3) is 1.89. The fraction of sp³-hybridized carbons (Fsp3) is 0.222. The van der Waals surface area contributed by atoms with E-state index in [9.17, 15) is 9.59 Å². The van der Waals surface area contributed by atoms with Gasteiger partial charge in [-0.25, -0.2) is 0 Å². The van der Waals surface area contributed by atoms with Crippen molar-refractivity contribution in [2.24, 2.45) is 5.92 Å². The van der Waals surface area contributed by atoms with E-state index in [4.69, 9.17) is 4.74 Å². The monoisotopic (exact) mass is 394 g/mol. The predicted molar refractivity (Wildman–Crippen MR) is 85.6 cm³/mol. The van der Waals surface area contributed by atoms with Crippen LogP contribution in [0.2, 0.25) is 0 Å². The summed E-state index contributed by atoms with van der Waals surface area (Å²) >= 11 is -3.02. The molecule has 1 aromatic rings. The number of carbonyl (C=O) groups is 2. The van der Waals surface area contributed by atoms with Gasteiger partial charge in [-0.3, -0.25) is 0 Å². The molecule has 2 aliphatic heterocycles. The van der Waals surface area contributed by atoms with Crippen LogP contribution in [0.25, 0.3) is 5.76 Å². The molecule has 1 aromatic carbocycles. The second-order valence-corrected chi connectivity index (χ2v) is 12.8. The van der Waals surface area contributed by atoms with Crippen LogP contribution in [0, 0.1) is 5.92 Å². The Bertz CT molecular complexity index is 785. The minimum atomic E-state index is -3.02. The number of rotatable bonds is 1. The number of carbonyl (C=O) groups excluding carboxylic acids is 2. The Balaban J connectivity index is 1.97. The third-order valence-corrected chi connectivity index (χ3v) is 11.3. The van der Waals surface area contributed by atoms with Gasteiger partial charge in [-0.2, -0.15) is 0 Å². The van der Waals surface area contributed by atoms with Gasteiger partial charge in [0.15, 0.2) is 0 Å². The zero-order valence-corrected chi connectivity index (χ0v) is 15.6. The van der Waals surface area contributed by atoms with Crippen molar-refractivity contribution in [3.05, 3.63) is 62.0 Å². The Morgan fingerprint density at radius 1 is 1.32 bits per heavy atom. The zero-order chi connectivity index (χ0) is 15.3. The third-order valence-electron chi connectivity index (χ3n) is 4.72. The topological polar surface area (TPSA) is 43.4 Å². The minimum absolute atomic E-state index is 0.0897. The Morgan fingerprint density at radius 2 is 2.14 bits per heavy atom. The van der Waals surface area contributed by atoms with Crippen molar-refractivity contribution in [2.75, 3.05) is 0 Å². The van der Waals surface area contributed by atoms with Crippen LogP contribution >= 0.6 is 0 Å². The van der Waals surface area contributed by atoms with Crippen molar-refractivity contribution in [1.82, 2.24) is 0 Å². The van der Waals surface area contributed by atoms with Gasteiger partial charge >= 0.3 is 137 Å². The summed E-state index contributed by atoms with van der Waals surface area (Å²) in [7, 11) is 0. The van der Waals surface area contributed by atoms with Gasteiger partial charge in [-0.05, 0) is 0 Å². The van der Waals surface area contributed by atoms with E-state index in [1.165, 1.54) is 0 Å². The van der Waals surface area contributed by atoms with Crippen LogP contribution in [0.1, 0.15) is 24.5 Å². The molecular weight excluding hydrogens is 379 g/mol. The summed E-state index contributed by atoms with van der Waals surface area (Å²) in [6.45, 7) is 2.64. The van der Waals surface area contributed by atoms with Crippen LogP contribution in [0.3, 0.4) is 0 Å². The van der Waals surface area contributed by atoms with Crippen LogP contribution in [0.15, 0.2) is 50.9 Å². The average Bonchev–Trinajstić information content (AvgIpc) is 3.06. The average molecular weight is 394 g/mol. The summed E-state index contributed by atoms with van der Waals surface area (Å²) in [5.74, 6) is 0.987. The summed E-state index contributed by atoms with van der Waals surface area (Å²) in [6, 6.07) is 7.98. The molecule has 2 heterocycles. The molecule has 0 saturated heterocycles. The van der Waals surface area contributed by atoms with Crippen molar-refractivity contribution in [3.8, 4) is 0 Å². The van der Waals surface area contributed by atoms with Crippen LogP contribution in [0.4, 0.5) is 0 Å². The molecule has 0 spiro atoms. The molecule has 108 valence electrons. The first-order valence-corrected chi connectivity index (χ1v) is 12.8. The van der Waals surface area contributed by atoms with Gasteiger partial charge in [0.25, 0.3) is 0 Å². The number of hydrogen-bond acceptors (Lipinski definition) is 3. The molecule has 0 bridgehead atoms. The van der Waals surface area contributed by atoms with E-state index in [1.807, 2.05) is 30.3 Å². The Hall–Kier alpha value is -1.55. The van der Waals surface area contributed by atoms with E-state index in [2.05, 4.69) is 13.0 Å². The molecule has 0 N–H and O–H groups in total. The van der Waals surface area contributed by atoms with Gasteiger partial charge in [-0.1, -0.05) is 0 Å². The summed E-state index contributed by atoms with van der Waals surface area (Å²) in [4.78, 5) is 24.4. The number of ether oxygens (including phenoxy) is 1. The van der Waals surface area contributed by atoms with Crippen LogP contribution in [0.5, 0.6) is 0 Å². The fourth-order valence-electron chi connectivity index (χ4n) is 3.65. The van der Waals surface area contributed by atoms with E-state index in [1.54, 1.807) is 0 Å². The zero-order valence-electron chi connectivity index (χ0n) is 12.3. The Kier molecular flexibility index (Phi) is 3.37. The molecule has 0 aromatic heterocycles. The fourth-order valence-corrected chi connectivity index (χ4v) is 10.1. The van der Waals surface area contributed by atoms with Crippen molar-refractivity contribution in [2.45, 2.75) is 20.0 Å². The molecule has 3 aliphatic rings. The van der Waals surface area contributed by atoms with Crippen molar-refractivity contribution >= 4 is 34.8 Å². The van der Waals surface area contributed by atoms with E-state index in [0.717, 1.165) is 30.5 Å². The Morgan fingerprint density at radius 3 is 2.95 bits per heavy atom. The molecular formula is C18H15InO3. The van der Waals surface area contributed by atoms with Gasteiger partial charge in [0.1, 0.15) is 0 Å². The van der Waals surface area contributed by atoms with Crippen molar-refractivity contribution in [1.29, 1.82) is 0 Å². The normalized spacial score (nSPS) is 26.1. The van der Waals surface area contributed by atoms with Gasteiger partial charge in [-0.15, -0.1) is 0 Å². The SMILES string of the molecule is CC1CC=C[C]2=C1/C(=C1\OCc3ccccc31)[C](=O)[In]2[CH]=O. The number of fused-ring (bicyclic) bond motifs is 1. The summed E-state index contributed by atoms with van der Waals surface area (Å²) in [6.07, 6.45) is 5.04. The quantitative estimate of drug-likeness (QED) is 0.544. The molecule has 4 heteroatoms. The molecule has 3 nitrogen and oxygen atoms in total. The molecule has 0 fully saturated rings. The molecule has 0 amide bonds. The van der Waals surface area contributed by atoms with E-state index < -0.39 is 21.4 Å². The second kappa shape index (κ2) is 5.27. The maximum absolute atomic E-state index is 12.9. The first-order valence-electron chi connectivity index (χ1n) is 7.58. The van der Waals surface area contributed by atoms with Gasteiger partial charge < -0.3 is 0 Å². The summed E-state index contributed by atoms with van der Waals surface area (Å²) < 4.78 is 8.01. The van der Waals surface area contributed by atoms with E-state index >= 15 is 0 Å². The van der Waals surface area contributed by atoms with Gasteiger partial charge in [0.05, 0.1) is 0 Å². The first kappa shape index (κ1) is 14.1. The second-order valence-electron chi connectivity index (χ2n) is 6.04. The van der Waals surface area contributed by atoms with Gasteiger partial charge in [0.2, 0.25) is 0 Å². The predicted octanol–water partition coefficient (Wildman–Crippen LogP) is 2.75. The van der Waals surface area contributed by atoms with E-state index in [0.29, 0.717) is 17.9 Å². The summed E-state index contributed by atoms with van der Waals surface area (Å²) in [5, 5.41) is 0. The number of hydrogen-bond donors (Lipinski definition) is 0. The molecule has 0 saturated carbocycles. The van der Waals surface area contributed by atoms with Crippen LogP contribution in [-0.4, -0.2) is 29.0 Å². The molecule has 4 rings (SSSR count). The molecule has 1 atom stereocenters. The molecule has 22 heavy (non-hydrogen) atoms. The van der Waals surface area contributed by atoms with Crippen LogP contribution in [-0.2, 0) is 20.9 Å². The molecule has 1 unspecified atom stereocenters. The number of allylic oxidation sites excluding steroid dienone is 5. The number of benzene rings is 1. The molecule has 0 radical (unpaired) electrons. The molecule has 1 aliphatic carbocycles.